The molecule has 0 amide bonds. The van der Waals surface area contributed by atoms with Crippen molar-refractivity contribution >= 4 is 18.4 Å². The Morgan fingerprint density at radius 2 is 2.08 bits per heavy atom. The van der Waals surface area contributed by atoms with Crippen LogP contribution in [0.4, 0.5) is 5.69 Å². The second-order valence-corrected chi connectivity index (χ2v) is 2.81. The van der Waals surface area contributed by atoms with Gasteiger partial charge in [-0.25, -0.2) is 0 Å². The van der Waals surface area contributed by atoms with Gasteiger partial charge in [0.25, 0.3) is 5.69 Å². The van der Waals surface area contributed by atoms with Crippen LogP contribution in [0.5, 0.6) is 0 Å². The minimum Gasteiger partial charge on any atom is -0.258 e. The largest absolute Gasteiger partial charge is 0.289 e. The zero-order valence-corrected chi connectivity index (χ0v) is 7.87. The third-order valence-corrected chi connectivity index (χ3v) is 1.92. The quantitative estimate of drug-likeness (QED) is 0.384. The van der Waals surface area contributed by atoms with Crippen LogP contribution in [0.2, 0.25) is 6.82 Å². The molecule has 0 saturated carbocycles. The Hall–Kier alpha value is -1.39. The number of rotatable bonds is 2. The van der Waals surface area contributed by atoms with Crippen LogP contribution in [-0.2, 0) is 0 Å². The van der Waals surface area contributed by atoms with E-state index in [0.717, 1.165) is 11.2 Å². The van der Waals surface area contributed by atoms with Crippen molar-refractivity contribution in [2.45, 2.75) is 20.7 Å². The third-order valence-electron chi connectivity index (χ3n) is 1.92. The Bertz CT molecular complexity index is 352. The van der Waals surface area contributed by atoms with E-state index in [-0.39, 0.29) is 5.69 Å². The lowest BCUT2D eigenvalue weighted by Gasteiger charge is -2.03. The maximum absolute atomic E-state index is 10.6. The molecule has 0 saturated heterocycles. The summed E-state index contributed by atoms with van der Waals surface area (Å²) in [5, 5.41) is 10.6. The molecule has 0 fully saturated rings. The van der Waals surface area contributed by atoms with Gasteiger partial charge in [-0.15, -0.1) is 0 Å². The van der Waals surface area contributed by atoms with E-state index in [2.05, 4.69) is 4.98 Å². The molecule has 0 unspecified atom stereocenters. The molecule has 0 atom stereocenters. The van der Waals surface area contributed by atoms with E-state index in [1.54, 1.807) is 13.0 Å². The summed E-state index contributed by atoms with van der Waals surface area (Å²) in [5.74, 6) is 0. The highest BCUT2D eigenvalue weighted by Gasteiger charge is 2.13. The molecule has 1 aromatic heterocycles. The molecule has 1 heterocycles. The Morgan fingerprint density at radius 1 is 1.46 bits per heavy atom. The summed E-state index contributed by atoms with van der Waals surface area (Å²) < 4.78 is 0. The molecule has 0 aliphatic rings. The molecule has 67 valence electrons. The smallest absolute Gasteiger partial charge is 0.258 e. The van der Waals surface area contributed by atoms with Gasteiger partial charge in [-0.3, -0.25) is 15.1 Å². The Balaban J connectivity index is 3.30. The minimum absolute atomic E-state index is 0.0821. The first-order valence-corrected chi connectivity index (χ1v) is 3.98. The van der Waals surface area contributed by atoms with Crippen molar-refractivity contribution in [2.24, 2.45) is 0 Å². The number of nitro groups is 1. The highest BCUT2D eigenvalue weighted by molar-refractivity contribution is 6.52. The van der Waals surface area contributed by atoms with Gasteiger partial charge < -0.3 is 0 Å². The normalized spacial score (nSPS) is 9.77. The third kappa shape index (κ3) is 1.85. The van der Waals surface area contributed by atoms with E-state index in [4.69, 9.17) is 0 Å². The molecule has 0 aromatic carbocycles. The maximum atomic E-state index is 10.6. The molecule has 4 nitrogen and oxygen atoms in total. The van der Waals surface area contributed by atoms with Gasteiger partial charge in [0.05, 0.1) is 4.92 Å². The van der Waals surface area contributed by atoms with Crippen LogP contribution in [0, 0.1) is 24.0 Å². The fourth-order valence-corrected chi connectivity index (χ4v) is 1.21. The fraction of sp³-hybridized carbons (Fsp3) is 0.375. The lowest BCUT2D eigenvalue weighted by molar-refractivity contribution is -0.385. The summed E-state index contributed by atoms with van der Waals surface area (Å²) >= 11 is 0. The Morgan fingerprint density at radius 3 is 2.54 bits per heavy atom. The average Bonchev–Trinajstić information content (AvgIpc) is 2.03. The SMILES string of the molecule is C[B]c1cc([N+](=O)[O-])c(C)nc1C. The van der Waals surface area contributed by atoms with E-state index in [1.807, 2.05) is 21.0 Å². The van der Waals surface area contributed by atoms with Crippen molar-refractivity contribution in [3.63, 3.8) is 0 Å². The molecule has 0 bridgehead atoms. The number of nitrogens with zero attached hydrogens (tertiary/aromatic N) is 2. The van der Waals surface area contributed by atoms with Gasteiger partial charge in [-0.05, 0) is 13.8 Å². The number of aromatic nitrogens is 1. The zero-order chi connectivity index (χ0) is 10.0. The minimum atomic E-state index is -0.408. The molecule has 0 aliphatic heterocycles. The Kier molecular flexibility index (Phi) is 2.65. The summed E-state index contributed by atoms with van der Waals surface area (Å²) in [7, 11) is 1.81. The van der Waals surface area contributed by atoms with Gasteiger partial charge in [-0.2, -0.15) is 0 Å². The lowest BCUT2D eigenvalue weighted by atomic mass is 9.72. The first kappa shape index (κ1) is 9.70. The van der Waals surface area contributed by atoms with E-state index in [1.165, 1.54) is 0 Å². The highest BCUT2D eigenvalue weighted by atomic mass is 16.6. The van der Waals surface area contributed by atoms with Crippen LogP contribution in [0.15, 0.2) is 6.07 Å². The standard InChI is InChI=1S/C8H10BN2O2/c1-5-7(9-3)4-8(11(12)13)6(2)10-5/h4H,1-3H3. The van der Waals surface area contributed by atoms with Crippen LogP contribution in [-0.4, -0.2) is 17.2 Å². The number of hydrogen-bond acceptors (Lipinski definition) is 3. The van der Waals surface area contributed by atoms with Crippen molar-refractivity contribution in [1.82, 2.24) is 4.98 Å². The van der Waals surface area contributed by atoms with Crippen LogP contribution >= 0.6 is 0 Å². The molecular formula is C8H10BN2O2. The molecule has 0 N–H and O–H groups in total. The second kappa shape index (κ2) is 3.55. The van der Waals surface area contributed by atoms with Gasteiger partial charge in [-0.1, -0.05) is 12.3 Å². The molecular weight excluding hydrogens is 167 g/mol. The van der Waals surface area contributed by atoms with Gasteiger partial charge >= 0.3 is 0 Å². The van der Waals surface area contributed by atoms with E-state index >= 15 is 0 Å². The molecule has 5 heteroatoms. The number of hydrogen-bond donors (Lipinski definition) is 0. The zero-order valence-electron chi connectivity index (χ0n) is 7.87. The van der Waals surface area contributed by atoms with E-state index in [9.17, 15) is 10.1 Å². The monoisotopic (exact) mass is 177 g/mol. The van der Waals surface area contributed by atoms with Crippen LogP contribution < -0.4 is 5.46 Å². The van der Waals surface area contributed by atoms with Gasteiger partial charge in [0.2, 0.25) is 0 Å². The predicted octanol–water partition coefficient (Wildman–Crippen LogP) is 0.984. The number of aryl methyl sites for hydroxylation is 2. The van der Waals surface area contributed by atoms with Crippen molar-refractivity contribution in [3.05, 3.63) is 27.6 Å². The predicted molar refractivity (Wildman–Crippen MR) is 51.6 cm³/mol. The topological polar surface area (TPSA) is 56.0 Å². The highest BCUT2D eigenvalue weighted by Crippen LogP contribution is 2.13. The molecule has 1 radical (unpaired) electrons. The first-order chi connectivity index (χ1) is 6.06. The van der Waals surface area contributed by atoms with Crippen LogP contribution in [0.1, 0.15) is 11.4 Å². The summed E-state index contributed by atoms with van der Waals surface area (Å²) in [4.78, 5) is 14.2. The van der Waals surface area contributed by atoms with Crippen molar-refractivity contribution in [1.29, 1.82) is 0 Å². The second-order valence-electron chi connectivity index (χ2n) is 2.81. The van der Waals surface area contributed by atoms with Crippen molar-refractivity contribution in [2.75, 3.05) is 0 Å². The lowest BCUT2D eigenvalue weighted by Crippen LogP contribution is -2.18. The molecule has 1 aromatic rings. The molecule has 0 spiro atoms. The Labute approximate surface area is 77.4 Å². The summed E-state index contributed by atoms with van der Waals surface area (Å²) in [6, 6.07) is 1.55. The van der Waals surface area contributed by atoms with Gasteiger partial charge in [0.1, 0.15) is 5.69 Å². The summed E-state index contributed by atoms with van der Waals surface area (Å²) in [6.45, 7) is 5.32. The summed E-state index contributed by atoms with van der Waals surface area (Å²) in [5.41, 5.74) is 2.19. The van der Waals surface area contributed by atoms with Gasteiger partial charge in [0.15, 0.2) is 7.28 Å². The van der Waals surface area contributed by atoms with Crippen molar-refractivity contribution in [3.8, 4) is 0 Å². The fourth-order valence-electron chi connectivity index (χ4n) is 1.21. The van der Waals surface area contributed by atoms with Crippen LogP contribution in [0.25, 0.3) is 0 Å². The van der Waals surface area contributed by atoms with E-state index < -0.39 is 4.92 Å². The van der Waals surface area contributed by atoms with Gasteiger partial charge in [0, 0.05) is 11.8 Å². The van der Waals surface area contributed by atoms with Crippen molar-refractivity contribution < 1.29 is 4.92 Å². The molecule has 1 rings (SSSR count). The summed E-state index contributed by atoms with van der Waals surface area (Å²) in [6.07, 6.45) is 0. The first-order valence-electron chi connectivity index (χ1n) is 3.98. The molecule has 0 aliphatic carbocycles. The maximum Gasteiger partial charge on any atom is 0.289 e. The molecule has 13 heavy (non-hydrogen) atoms. The number of pyridine rings is 1. The van der Waals surface area contributed by atoms with Crippen LogP contribution in [0.3, 0.4) is 0 Å². The van der Waals surface area contributed by atoms with E-state index in [0.29, 0.717) is 5.69 Å². The average molecular weight is 177 g/mol.